The van der Waals surface area contributed by atoms with E-state index < -0.39 is 6.09 Å². The molecule has 1 rings (SSSR count). The highest BCUT2D eigenvalue weighted by molar-refractivity contribution is 9.10. The van der Waals surface area contributed by atoms with Crippen molar-refractivity contribution in [3.8, 4) is 0 Å². The number of benzene rings is 1. The largest absolute Gasteiger partial charge is 0.465 e. The van der Waals surface area contributed by atoms with Gasteiger partial charge in [0.15, 0.2) is 0 Å². The second-order valence-electron chi connectivity index (χ2n) is 5.53. The summed E-state index contributed by atoms with van der Waals surface area (Å²) < 4.78 is 1.06. The summed E-state index contributed by atoms with van der Waals surface area (Å²) in [5.41, 5.74) is 1.15. The highest BCUT2D eigenvalue weighted by Gasteiger charge is 2.25. The molecular formula is C14H20BrNO2. The van der Waals surface area contributed by atoms with E-state index >= 15 is 0 Å². The Bertz CT molecular complexity index is 395. The number of hydrogen-bond donors (Lipinski definition) is 2. The molecule has 2 N–H and O–H groups in total. The first-order valence-corrected chi connectivity index (χ1v) is 6.82. The zero-order chi connectivity index (χ0) is 13.8. The Morgan fingerprint density at radius 2 is 1.89 bits per heavy atom. The monoisotopic (exact) mass is 313 g/mol. The summed E-state index contributed by atoms with van der Waals surface area (Å²) in [7, 11) is 0. The molecule has 3 nitrogen and oxygen atoms in total. The quantitative estimate of drug-likeness (QED) is 0.880. The Morgan fingerprint density at radius 3 is 2.33 bits per heavy atom. The van der Waals surface area contributed by atoms with Crippen molar-refractivity contribution in [2.24, 2.45) is 5.41 Å². The zero-order valence-electron chi connectivity index (χ0n) is 11.0. The van der Waals surface area contributed by atoms with Gasteiger partial charge in [0.2, 0.25) is 0 Å². The van der Waals surface area contributed by atoms with Crippen LogP contribution in [0.15, 0.2) is 28.7 Å². The summed E-state index contributed by atoms with van der Waals surface area (Å²) in [4.78, 5) is 10.8. The third-order valence-corrected chi connectivity index (χ3v) is 3.51. The van der Waals surface area contributed by atoms with E-state index in [1.54, 1.807) is 0 Å². The zero-order valence-corrected chi connectivity index (χ0v) is 12.6. The molecule has 0 saturated carbocycles. The van der Waals surface area contributed by atoms with Crippen LogP contribution in [0.4, 0.5) is 4.79 Å². The summed E-state index contributed by atoms with van der Waals surface area (Å²) >= 11 is 3.40. The van der Waals surface area contributed by atoms with E-state index in [4.69, 9.17) is 5.11 Å². The number of carbonyl (C=O) groups is 1. The van der Waals surface area contributed by atoms with Crippen LogP contribution in [0.2, 0.25) is 0 Å². The predicted octanol–water partition coefficient (Wildman–Crippen LogP) is 4.06. The van der Waals surface area contributed by atoms with Crippen LogP contribution >= 0.6 is 15.9 Å². The van der Waals surface area contributed by atoms with Gasteiger partial charge in [0.05, 0.1) is 0 Å². The topological polar surface area (TPSA) is 49.3 Å². The number of amides is 1. The lowest BCUT2D eigenvalue weighted by atomic mass is 9.83. The van der Waals surface area contributed by atoms with Crippen molar-refractivity contribution in [2.45, 2.75) is 39.7 Å². The van der Waals surface area contributed by atoms with Gasteiger partial charge in [-0.1, -0.05) is 48.8 Å². The molecule has 0 aliphatic rings. The molecule has 0 radical (unpaired) electrons. The molecule has 1 amide bonds. The van der Waals surface area contributed by atoms with Gasteiger partial charge in [-0.25, -0.2) is 4.79 Å². The third kappa shape index (κ3) is 5.08. The lowest BCUT2D eigenvalue weighted by Gasteiger charge is -2.30. The van der Waals surface area contributed by atoms with Gasteiger partial charge in [0.25, 0.3) is 0 Å². The third-order valence-electron chi connectivity index (χ3n) is 2.98. The van der Waals surface area contributed by atoms with E-state index in [1.165, 1.54) is 5.56 Å². The SMILES string of the molecule is CC(C)(C)C(CCc1ccc(Br)cc1)NC(=O)O. The van der Waals surface area contributed by atoms with E-state index in [1.807, 2.05) is 12.1 Å². The Kier molecular flexibility index (Phi) is 5.20. The molecule has 4 heteroatoms. The van der Waals surface area contributed by atoms with Gasteiger partial charge in [-0.05, 0) is 36.0 Å². The molecule has 0 heterocycles. The van der Waals surface area contributed by atoms with Crippen LogP contribution in [0.3, 0.4) is 0 Å². The van der Waals surface area contributed by atoms with E-state index in [0.717, 1.165) is 17.3 Å². The molecule has 18 heavy (non-hydrogen) atoms. The normalized spacial score (nSPS) is 13.1. The highest BCUT2D eigenvalue weighted by atomic mass is 79.9. The van der Waals surface area contributed by atoms with E-state index in [-0.39, 0.29) is 11.5 Å². The average molecular weight is 314 g/mol. The van der Waals surface area contributed by atoms with Gasteiger partial charge >= 0.3 is 6.09 Å². The van der Waals surface area contributed by atoms with Gasteiger partial charge in [0, 0.05) is 10.5 Å². The van der Waals surface area contributed by atoms with Crippen molar-refractivity contribution < 1.29 is 9.90 Å². The van der Waals surface area contributed by atoms with Crippen molar-refractivity contribution in [3.63, 3.8) is 0 Å². The number of carboxylic acid groups (broad SMARTS) is 1. The van der Waals surface area contributed by atoms with E-state index in [0.29, 0.717) is 0 Å². The van der Waals surface area contributed by atoms with Crippen LogP contribution in [0.25, 0.3) is 0 Å². The summed E-state index contributed by atoms with van der Waals surface area (Å²) in [6, 6.07) is 8.09. The maximum absolute atomic E-state index is 10.8. The fourth-order valence-corrected chi connectivity index (χ4v) is 2.10. The van der Waals surface area contributed by atoms with Gasteiger partial charge in [0.1, 0.15) is 0 Å². The minimum absolute atomic E-state index is 0.0429. The highest BCUT2D eigenvalue weighted by Crippen LogP contribution is 2.23. The smallest absolute Gasteiger partial charge is 0.404 e. The number of aryl methyl sites for hydroxylation is 1. The van der Waals surface area contributed by atoms with Crippen LogP contribution in [0, 0.1) is 5.41 Å². The van der Waals surface area contributed by atoms with Crippen molar-refractivity contribution in [1.82, 2.24) is 5.32 Å². The maximum Gasteiger partial charge on any atom is 0.404 e. The minimum atomic E-state index is -0.953. The minimum Gasteiger partial charge on any atom is -0.465 e. The van der Waals surface area contributed by atoms with E-state index in [9.17, 15) is 4.79 Å². The fourth-order valence-electron chi connectivity index (χ4n) is 1.83. The molecule has 1 atom stereocenters. The van der Waals surface area contributed by atoms with Gasteiger partial charge in [-0.3, -0.25) is 0 Å². The molecule has 0 bridgehead atoms. The lowest BCUT2D eigenvalue weighted by Crippen LogP contribution is -2.43. The average Bonchev–Trinajstić information content (AvgIpc) is 2.24. The van der Waals surface area contributed by atoms with Crippen LogP contribution in [-0.2, 0) is 6.42 Å². The molecule has 0 spiro atoms. The standard InChI is InChI=1S/C14H20BrNO2/c1-14(2,3)12(16-13(17)18)9-6-10-4-7-11(15)8-5-10/h4-5,7-8,12,16H,6,9H2,1-3H3,(H,17,18). The number of hydrogen-bond acceptors (Lipinski definition) is 1. The van der Waals surface area contributed by atoms with Crippen molar-refractivity contribution in [2.75, 3.05) is 0 Å². The maximum atomic E-state index is 10.8. The molecular weight excluding hydrogens is 294 g/mol. The van der Waals surface area contributed by atoms with Crippen molar-refractivity contribution >= 4 is 22.0 Å². The first-order chi connectivity index (χ1) is 8.29. The van der Waals surface area contributed by atoms with Crippen LogP contribution < -0.4 is 5.32 Å². The van der Waals surface area contributed by atoms with Crippen molar-refractivity contribution in [3.05, 3.63) is 34.3 Å². The molecule has 0 aliphatic carbocycles. The van der Waals surface area contributed by atoms with Gasteiger partial charge in [-0.15, -0.1) is 0 Å². The Morgan fingerprint density at radius 1 is 1.33 bits per heavy atom. The van der Waals surface area contributed by atoms with E-state index in [2.05, 4.69) is 54.2 Å². The molecule has 0 saturated heterocycles. The van der Waals surface area contributed by atoms with Gasteiger partial charge < -0.3 is 10.4 Å². The summed E-state index contributed by atoms with van der Waals surface area (Å²) in [6.45, 7) is 6.15. The summed E-state index contributed by atoms with van der Waals surface area (Å²) in [5, 5.41) is 11.5. The van der Waals surface area contributed by atoms with Crippen molar-refractivity contribution in [1.29, 1.82) is 0 Å². The first kappa shape index (κ1) is 15.0. The van der Waals surface area contributed by atoms with Crippen LogP contribution in [0.5, 0.6) is 0 Å². The molecule has 1 aromatic rings. The Balaban J connectivity index is 2.62. The summed E-state index contributed by atoms with van der Waals surface area (Å²) in [6.07, 6.45) is 0.721. The van der Waals surface area contributed by atoms with Gasteiger partial charge in [-0.2, -0.15) is 0 Å². The molecule has 1 aromatic carbocycles. The second-order valence-corrected chi connectivity index (χ2v) is 6.45. The molecule has 0 fully saturated rings. The molecule has 0 aromatic heterocycles. The second kappa shape index (κ2) is 6.23. The number of rotatable bonds is 4. The Hall–Kier alpha value is -1.03. The van der Waals surface area contributed by atoms with Crippen LogP contribution in [-0.4, -0.2) is 17.2 Å². The number of halogens is 1. The number of nitrogens with one attached hydrogen (secondary N) is 1. The first-order valence-electron chi connectivity index (χ1n) is 6.03. The Labute approximate surface area is 117 Å². The van der Waals surface area contributed by atoms with Crippen LogP contribution in [0.1, 0.15) is 32.8 Å². The fraction of sp³-hybridized carbons (Fsp3) is 0.500. The lowest BCUT2D eigenvalue weighted by molar-refractivity contribution is 0.172. The molecule has 100 valence electrons. The molecule has 1 unspecified atom stereocenters. The molecule has 0 aliphatic heterocycles. The predicted molar refractivity (Wildman–Crippen MR) is 76.9 cm³/mol. The summed E-state index contributed by atoms with van der Waals surface area (Å²) in [5.74, 6) is 0.